The summed E-state index contributed by atoms with van der Waals surface area (Å²) in [5.41, 5.74) is 0. The molecule has 0 bridgehead atoms. The van der Waals surface area contributed by atoms with Gasteiger partial charge in [0.1, 0.15) is 11.9 Å². The Bertz CT molecular complexity index is 197. The summed E-state index contributed by atoms with van der Waals surface area (Å²) in [5, 5.41) is 3.48. The highest BCUT2D eigenvalue weighted by Crippen LogP contribution is 2.42. The van der Waals surface area contributed by atoms with Crippen molar-refractivity contribution in [1.29, 1.82) is 0 Å². The predicted molar refractivity (Wildman–Crippen MR) is 28.8 cm³/mol. The van der Waals surface area contributed by atoms with Crippen LogP contribution in [0.3, 0.4) is 0 Å². The van der Waals surface area contributed by atoms with Gasteiger partial charge < -0.3 is 4.52 Å². The maximum Gasteiger partial charge on any atom is 0.142 e. The highest BCUT2D eigenvalue weighted by atomic mass is 19.1. The summed E-state index contributed by atoms with van der Waals surface area (Å²) in [4.78, 5) is 0. The quantitative estimate of drug-likeness (QED) is 0.571. The van der Waals surface area contributed by atoms with Gasteiger partial charge in [0.15, 0.2) is 0 Å². The van der Waals surface area contributed by atoms with Gasteiger partial charge in [0, 0.05) is 6.07 Å². The van der Waals surface area contributed by atoms with Gasteiger partial charge in [-0.3, -0.25) is 0 Å². The van der Waals surface area contributed by atoms with E-state index in [1.807, 2.05) is 0 Å². The van der Waals surface area contributed by atoms with Crippen LogP contribution >= 0.6 is 0 Å². The topological polar surface area (TPSA) is 26.0 Å². The van der Waals surface area contributed by atoms with E-state index < -0.39 is 6.17 Å². The first-order valence-electron chi connectivity index (χ1n) is 2.92. The Hall–Kier alpha value is -0.860. The van der Waals surface area contributed by atoms with Gasteiger partial charge in [-0.25, -0.2) is 4.39 Å². The molecule has 1 aromatic rings. The molecule has 1 heterocycles. The fraction of sp³-hybridized carbons (Fsp3) is 0.500. The van der Waals surface area contributed by atoms with Gasteiger partial charge in [-0.05, 0) is 6.42 Å². The second kappa shape index (κ2) is 1.56. The van der Waals surface area contributed by atoms with Crippen LogP contribution in [0.25, 0.3) is 0 Å². The average molecular weight is 127 g/mol. The standard InChI is InChI=1S/C6H6FNO/c7-5-3-4(5)6-1-2-8-9-6/h1-2,4-5H,3H2. The fourth-order valence-electron chi connectivity index (χ4n) is 0.875. The molecule has 9 heavy (non-hydrogen) atoms. The number of hydrogen-bond donors (Lipinski definition) is 0. The molecule has 1 aromatic heterocycles. The van der Waals surface area contributed by atoms with Crippen LogP contribution < -0.4 is 0 Å². The zero-order chi connectivity index (χ0) is 6.27. The van der Waals surface area contributed by atoms with Gasteiger partial charge in [-0.15, -0.1) is 0 Å². The highest BCUT2D eigenvalue weighted by molar-refractivity contribution is 5.13. The van der Waals surface area contributed by atoms with E-state index in [0.717, 1.165) is 0 Å². The van der Waals surface area contributed by atoms with E-state index in [1.54, 1.807) is 12.3 Å². The summed E-state index contributed by atoms with van der Waals surface area (Å²) in [7, 11) is 0. The second-order valence-corrected chi connectivity index (χ2v) is 2.27. The zero-order valence-electron chi connectivity index (χ0n) is 4.75. The molecule has 2 unspecified atom stereocenters. The van der Waals surface area contributed by atoms with Gasteiger partial charge in [0.2, 0.25) is 0 Å². The van der Waals surface area contributed by atoms with Crippen molar-refractivity contribution in [3.63, 3.8) is 0 Å². The fourth-order valence-corrected chi connectivity index (χ4v) is 0.875. The molecule has 0 aliphatic heterocycles. The van der Waals surface area contributed by atoms with E-state index >= 15 is 0 Å². The molecule has 1 saturated carbocycles. The van der Waals surface area contributed by atoms with Crippen LogP contribution in [0, 0.1) is 0 Å². The van der Waals surface area contributed by atoms with Crippen molar-refractivity contribution in [3.8, 4) is 0 Å². The molecule has 2 nitrogen and oxygen atoms in total. The summed E-state index contributed by atoms with van der Waals surface area (Å²) >= 11 is 0. The number of rotatable bonds is 1. The van der Waals surface area contributed by atoms with Crippen LogP contribution in [0.5, 0.6) is 0 Å². The van der Waals surface area contributed by atoms with Crippen molar-refractivity contribution in [2.75, 3.05) is 0 Å². The van der Waals surface area contributed by atoms with E-state index in [2.05, 4.69) is 5.16 Å². The third-order valence-electron chi connectivity index (χ3n) is 1.54. The lowest BCUT2D eigenvalue weighted by Gasteiger charge is -1.81. The second-order valence-electron chi connectivity index (χ2n) is 2.27. The lowest BCUT2D eigenvalue weighted by molar-refractivity contribution is 0.368. The number of hydrogen-bond acceptors (Lipinski definition) is 2. The smallest absolute Gasteiger partial charge is 0.142 e. The largest absolute Gasteiger partial charge is 0.361 e. The molecule has 0 aromatic carbocycles. The maximum atomic E-state index is 12.3. The minimum atomic E-state index is -0.682. The van der Waals surface area contributed by atoms with Crippen LogP contribution in [0.15, 0.2) is 16.8 Å². The molecular formula is C6H6FNO. The first-order chi connectivity index (χ1) is 4.38. The van der Waals surface area contributed by atoms with E-state index in [9.17, 15) is 4.39 Å². The normalized spacial score (nSPS) is 32.6. The summed E-state index contributed by atoms with van der Waals surface area (Å²) in [6.07, 6.45) is 1.47. The molecule has 1 aliphatic rings. The highest BCUT2D eigenvalue weighted by Gasteiger charge is 2.41. The van der Waals surface area contributed by atoms with E-state index in [1.165, 1.54) is 0 Å². The Labute approximate surface area is 51.7 Å². The monoisotopic (exact) mass is 127 g/mol. The Kier molecular flexibility index (Phi) is 0.860. The molecule has 48 valence electrons. The van der Waals surface area contributed by atoms with Gasteiger partial charge >= 0.3 is 0 Å². The average Bonchev–Trinajstić information content (AvgIpc) is 2.44. The van der Waals surface area contributed by atoms with Crippen LogP contribution in [-0.4, -0.2) is 11.3 Å². The molecule has 0 amide bonds. The first kappa shape index (κ1) is 4.97. The predicted octanol–water partition coefficient (Wildman–Crippen LogP) is 1.50. The molecule has 0 radical (unpaired) electrons. The summed E-state index contributed by atoms with van der Waals surface area (Å²) in [6.45, 7) is 0. The van der Waals surface area contributed by atoms with E-state index in [0.29, 0.717) is 12.2 Å². The lowest BCUT2D eigenvalue weighted by atomic mass is 10.3. The molecule has 2 atom stereocenters. The van der Waals surface area contributed by atoms with Gasteiger partial charge in [-0.2, -0.15) is 0 Å². The number of nitrogens with zero attached hydrogens (tertiary/aromatic N) is 1. The lowest BCUT2D eigenvalue weighted by Crippen LogP contribution is -1.75. The summed E-state index contributed by atoms with van der Waals surface area (Å²) in [5.74, 6) is 0.690. The zero-order valence-corrected chi connectivity index (χ0v) is 4.75. The van der Waals surface area contributed by atoms with Crippen molar-refractivity contribution >= 4 is 0 Å². The number of alkyl halides is 1. The minimum Gasteiger partial charge on any atom is -0.361 e. The Balaban J connectivity index is 2.18. The van der Waals surface area contributed by atoms with Gasteiger partial charge in [0.25, 0.3) is 0 Å². The van der Waals surface area contributed by atoms with Crippen molar-refractivity contribution in [2.24, 2.45) is 0 Å². The SMILES string of the molecule is FC1CC1c1ccno1. The number of halogens is 1. The molecule has 1 fully saturated rings. The molecule has 2 rings (SSSR count). The summed E-state index contributed by atoms with van der Waals surface area (Å²) < 4.78 is 17.0. The van der Waals surface area contributed by atoms with Crippen molar-refractivity contribution < 1.29 is 8.91 Å². The van der Waals surface area contributed by atoms with Gasteiger partial charge in [0.05, 0.1) is 12.1 Å². The molecule has 0 N–H and O–H groups in total. The van der Waals surface area contributed by atoms with E-state index in [4.69, 9.17) is 4.52 Å². The van der Waals surface area contributed by atoms with Crippen LogP contribution in [0.1, 0.15) is 18.1 Å². The van der Waals surface area contributed by atoms with Crippen LogP contribution in [0.2, 0.25) is 0 Å². The third kappa shape index (κ3) is 0.724. The first-order valence-corrected chi connectivity index (χ1v) is 2.92. The molecular weight excluding hydrogens is 121 g/mol. The third-order valence-corrected chi connectivity index (χ3v) is 1.54. The van der Waals surface area contributed by atoms with Crippen LogP contribution in [0.4, 0.5) is 4.39 Å². The molecule has 1 aliphatic carbocycles. The Morgan fingerprint density at radius 2 is 2.56 bits per heavy atom. The number of aromatic nitrogens is 1. The van der Waals surface area contributed by atoms with Crippen molar-refractivity contribution in [2.45, 2.75) is 18.5 Å². The molecule has 3 heteroatoms. The van der Waals surface area contributed by atoms with E-state index in [-0.39, 0.29) is 5.92 Å². The maximum absolute atomic E-state index is 12.3. The van der Waals surface area contributed by atoms with Crippen molar-refractivity contribution in [3.05, 3.63) is 18.0 Å². The van der Waals surface area contributed by atoms with Crippen molar-refractivity contribution in [1.82, 2.24) is 5.16 Å². The molecule has 0 spiro atoms. The van der Waals surface area contributed by atoms with Gasteiger partial charge in [-0.1, -0.05) is 5.16 Å². The summed E-state index contributed by atoms with van der Waals surface area (Å²) in [6, 6.07) is 1.71. The van der Waals surface area contributed by atoms with Crippen LogP contribution in [-0.2, 0) is 0 Å². The Morgan fingerprint density at radius 1 is 1.78 bits per heavy atom. The molecule has 0 saturated heterocycles. The minimum absolute atomic E-state index is 0.00694. The Morgan fingerprint density at radius 3 is 3.00 bits per heavy atom.